The number of ether oxygens (including phenoxy) is 1. The van der Waals surface area contributed by atoms with Gasteiger partial charge in [-0.2, -0.15) is 0 Å². The van der Waals surface area contributed by atoms with Crippen molar-refractivity contribution in [3.63, 3.8) is 0 Å². The maximum atomic E-state index is 4.98. The van der Waals surface area contributed by atoms with Crippen LogP contribution in [0.25, 0.3) is 0 Å². The largest absolute Gasteiger partial charge is 0.484 e. The fourth-order valence-electron chi connectivity index (χ4n) is 0.936. The van der Waals surface area contributed by atoms with E-state index in [-0.39, 0.29) is 5.54 Å². The van der Waals surface area contributed by atoms with Crippen LogP contribution in [0.3, 0.4) is 0 Å². The second-order valence-electron chi connectivity index (χ2n) is 3.03. The van der Waals surface area contributed by atoms with Crippen LogP contribution < -0.4 is 0 Å². The molecule has 0 saturated heterocycles. The molecule has 0 amide bonds. The summed E-state index contributed by atoms with van der Waals surface area (Å²) < 4.78 is 4.98. The highest BCUT2D eigenvalue weighted by atomic mass is 16.5. The molecule has 0 fully saturated rings. The molecule has 1 heterocycles. The molecule has 1 atom stereocenters. The van der Waals surface area contributed by atoms with Crippen molar-refractivity contribution in [3.8, 4) is 0 Å². The normalized spacial score (nSPS) is 30.7. The Hall–Kier alpha value is -0.530. The van der Waals surface area contributed by atoms with Gasteiger partial charge in [0.15, 0.2) is 5.90 Å². The van der Waals surface area contributed by atoms with Crippen LogP contribution in [0.1, 0.15) is 20.8 Å². The zero-order chi connectivity index (χ0) is 7.07. The third-order valence-corrected chi connectivity index (χ3v) is 2.04. The summed E-state index contributed by atoms with van der Waals surface area (Å²) in [6.45, 7) is 6.35. The highest BCUT2D eigenvalue weighted by Crippen LogP contribution is 2.31. The van der Waals surface area contributed by atoms with E-state index in [1.165, 1.54) is 0 Å². The SMILES string of the molecule is COC1=NC(C)(C)C1C. The first-order valence-electron chi connectivity index (χ1n) is 3.21. The number of methoxy groups -OCH3 is 1. The van der Waals surface area contributed by atoms with E-state index in [4.69, 9.17) is 4.74 Å². The molecular weight excluding hydrogens is 114 g/mol. The summed E-state index contributed by atoms with van der Waals surface area (Å²) in [5, 5.41) is 0. The first-order valence-corrected chi connectivity index (χ1v) is 3.21. The molecule has 0 aromatic rings. The Labute approximate surface area is 55.9 Å². The molecule has 1 aliphatic rings. The third kappa shape index (κ3) is 0.824. The maximum absolute atomic E-state index is 4.98. The summed E-state index contributed by atoms with van der Waals surface area (Å²) >= 11 is 0. The van der Waals surface area contributed by atoms with Crippen molar-refractivity contribution in [2.45, 2.75) is 26.3 Å². The Morgan fingerprint density at radius 2 is 2.11 bits per heavy atom. The van der Waals surface area contributed by atoms with Gasteiger partial charge in [0, 0.05) is 0 Å². The van der Waals surface area contributed by atoms with E-state index in [0.717, 1.165) is 5.90 Å². The Morgan fingerprint density at radius 3 is 2.22 bits per heavy atom. The van der Waals surface area contributed by atoms with Crippen LogP contribution in [-0.4, -0.2) is 18.5 Å². The lowest BCUT2D eigenvalue weighted by atomic mass is 9.84. The van der Waals surface area contributed by atoms with E-state index in [1.807, 2.05) is 0 Å². The molecule has 1 unspecified atom stereocenters. The van der Waals surface area contributed by atoms with E-state index in [2.05, 4.69) is 25.8 Å². The van der Waals surface area contributed by atoms with Gasteiger partial charge in [-0.15, -0.1) is 0 Å². The molecule has 2 nitrogen and oxygen atoms in total. The van der Waals surface area contributed by atoms with E-state index in [0.29, 0.717) is 5.92 Å². The van der Waals surface area contributed by atoms with Crippen molar-refractivity contribution >= 4 is 5.90 Å². The topological polar surface area (TPSA) is 21.6 Å². The zero-order valence-electron chi connectivity index (χ0n) is 6.43. The molecule has 0 radical (unpaired) electrons. The molecule has 0 bridgehead atoms. The summed E-state index contributed by atoms with van der Waals surface area (Å²) in [5.41, 5.74) is 0.116. The first-order chi connectivity index (χ1) is 4.08. The van der Waals surface area contributed by atoms with Crippen molar-refractivity contribution in [2.75, 3.05) is 7.11 Å². The summed E-state index contributed by atoms with van der Waals surface area (Å²) in [6, 6.07) is 0. The minimum absolute atomic E-state index is 0.116. The van der Waals surface area contributed by atoms with E-state index < -0.39 is 0 Å². The molecule has 0 spiro atoms. The zero-order valence-corrected chi connectivity index (χ0v) is 6.43. The molecule has 0 aromatic heterocycles. The quantitative estimate of drug-likeness (QED) is 0.482. The number of hydrogen-bond acceptors (Lipinski definition) is 2. The van der Waals surface area contributed by atoms with Crippen LogP contribution in [0.4, 0.5) is 0 Å². The predicted octanol–water partition coefficient (Wildman–Crippen LogP) is 1.46. The highest BCUT2D eigenvalue weighted by Gasteiger charge is 2.39. The molecule has 2 heteroatoms. The smallest absolute Gasteiger partial charge is 0.188 e. The minimum atomic E-state index is 0.116. The van der Waals surface area contributed by atoms with Crippen molar-refractivity contribution < 1.29 is 4.74 Å². The lowest BCUT2D eigenvalue weighted by Crippen LogP contribution is -2.44. The van der Waals surface area contributed by atoms with Crippen molar-refractivity contribution in [2.24, 2.45) is 10.9 Å². The molecule has 0 aliphatic carbocycles. The van der Waals surface area contributed by atoms with Gasteiger partial charge < -0.3 is 4.74 Å². The van der Waals surface area contributed by atoms with Crippen LogP contribution in [0.15, 0.2) is 4.99 Å². The Kier molecular flexibility index (Phi) is 1.26. The minimum Gasteiger partial charge on any atom is -0.484 e. The summed E-state index contributed by atoms with van der Waals surface area (Å²) in [4.78, 5) is 4.25. The number of hydrogen-bond donors (Lipinski definition) is 0. The standard InChI is InChI=1S/C7H13NO/c1-5-6(9-4)8-7(5,2)3/h5H,1-4H3. The van der Waals surface area contributed by atoms with Crippen LogP contribution in [-0.2, 0) is 4.74 Å². The van der Waals surface area contributed by atoms with Gasteiger partial charge >= 0.3 is 0 Å². The van der Waals surface area contributed by atoms with Gasteiger partial charge in [-0.3, -0.25) is 0 Å². The van der Waals surface area contributed by atoms with Crippen LogP contribution >= 0.6 is 0 Å². The van der Waals surface area contributed by atoms with Gasteiger partial charge in [-0.05, 0) is 13.8 Å². The summed E-state index contributed by atoms with van der Waals surface area (Å²) in [7, 11) is 1.67. The number of rotatable bonds is 0. The summed E-state index contributed by atoms with van der Waals surface area (Å²) in [6.07, 6.45) is 0. The third-order valence-electron chi connectivity index (χ3n) is 2.04. The Bertz CT molecular complexity index is 149. The average molecular weight is 127 g/mol. The van der Waals surface area contributed by atoms with Gasteiger partial charge in [0.05, 0.1) is 18.6 Å². The molecule has 1 aliphatic heterocycles. The van der Waals surface area contributed by atoms with Gasteiger partial charge in [0.2, 0.25) is 0 Å². The molecule has 0 aromatic carbocycles. The lowest BCUT2D eigenvalue weighted by molar-refractivity contribution is 0.265. The fraction of sp³-hybridized carbons (Fsp3) is 0.857. The molecule has 0 N–H and O–H groups in total. The van der Waals surface area contributed by atoms with Gasteiger partial charge in [0.1, 0.15) is 0 Å². The second-order valence-corrected chi connectivity index (χ2v) is 3.03. The van der Waals surface area contributed by atoms with E-state index in [9.17, 15) is 0 Å². The molecule has 52 valence electrons. The van der Waals surface area contributed by atoms with Crippen LogP contribution in [0.2, 0.25) is 0 Å². The maximum Gasteiger partial charge on any atom is 0.188 e. The molecule has 9 heavy (non-hydrogen) atoms. The van der Waals surface area contributed by atoms with Crippen LogP contribution in [0, 0.1) is 5.92 Å². The summed E-state index contributed by atoms with van der Waals surface area (Å²) in [5.74, 6) is 1.38. The average Bonchev–Trinajstić information content (AvgIpc) is 1.82. The first kappa shape index (κ1) is 6.59. The van der Waals surface area contributed by atoms with Crippen molar-refractivity contribution in [1.29, 1.82) is 0 Å². The predicted molar refractivity (Wildman–Crippen MR) is 37.7 cm³/mol. The van der Waals surface area contributed by atoms with E-state index >= 15 is 0 Å². The van der Waals surface area contributed by atoms with Crippen LogP contribution in [0.5, 0.6) is 0 Å². The van der Waals surface area contributed by atoms with Crippen molar-refractivity contribution in [1.82, 2.24) is 0 Å². The molecular formula is C7H13NO. The van der Waals surface area contributed by atoms with Crippen molar-refractivity contribution in [3.05, 3.63) is 0 Å². The Morgan fingerprint density at radius 1 is 1.56 bits per heavy atom. The molecule has 0 saturated carbocycles. The molecule has 1 rings (SSSR count). The van der Waals surface area contributed by atoms with Gasteiger partial charge in [-0.25, -0.2) is 4.99 Å². The lowest BCUT2D eigenvalue weighted by Gasteiger charge is -2.37. The highest BCUT2D eigenvalue weighted by molar-refractivity contribution is 5.85. The Balaban J connectivity index is 2.66. The second kappa shape index (κ2) is 1.72. The van der Waals surface area contributed by atoms with Gasteiger partial charge in [0.25, 0.3) is 0 Å². The number of aliphatic imine (C=N–C) groups is 1. The monoisotopic (exact) mass is 127 g/mol. The van der Waals surface area contributed by atoms with E-state index in [1.54, 1.807) is 7.11 Å². The number of nitrogens with zero attached hydrogens (tertiary/aromatic N) is 1. The fourth-order valence-corrected chi connectivity index (χ4v) is 0.936. The van der Waals surface area contributed by atoms with Gasteiger partial charge in [-0.1, -0.05) is 6.92 Å².